The predicted octanol–water partition coefficient (Wildman–Crippen LogP) is 5.68. The first kappa shape index (κ1) is 16.6. The lowest BCUT2D eigenvalue weighted by Crippen LogP contribution is -2.11. The van der Waals surface area contributed by atoms with Crippen LogP contribution in [0.2, 0.25) is 0 Å². The van der Waals surface area contributed by atoms with Crippen LogP contribution in [-0.2, 0) is 0 Å². The van der Waals surface area contributed by atoms with Gasteiger partial charge >= 0.3 is 0 Å². The van der Waals surface area contributed by atoms with Crippen LogP contribution < -0.4 is 10.6 Å². The summed E-state index contributed by atoms with van der Waals surface area (Å²) in [5.74, 6) is 1.34. The molecule has 3 rings (SSSR count). The first-order chi connectivity index (χ1) is 11.5. The number of benzene rings is 2. The Morgan fingerprint density at radius 2 is 1.67 bits per heavy atom. The topological polar surface area (TPSA) is 41.1 Å². The van der Waals surface area contributed by atoms with Crippen molar-refractivity contribution in [3.05, 3.63) is 53.1 Å². The second kappa shape index (κ2) is 6.68. The second-order valence-electron chi connectivity index (χ2n) is 6.91. The van der Waals surface area contributed by atoms with Crippen LogP contribution in [0.4, 0.5) is 17.1 Å². The van der Waals surface area contributed by atoms with E-state index in [2.05, 4.69) is 42.7 Å². The molecular formula is C21H26N2O. The number of fused-ring (bicyclic) bond motifs is 1. The zero-order valence-corrected chi connectivity index (χ0v) is 14.9. The van der Waals surface area contributed by atoms with Crippen LogP contribution in [-0.4, -0.2) is 12.8 Å². The van der Waals surface area contributed by atoms with Gasteiger partial charge in [0.1, 0.15) is 0 Å². The first-order valence-electron chi connectivity index (χ1n) is 8.73. The van der Waals surface area contributed by atoms with E-state index in [0.717, 1.165) is 22.6 Å². The highest BCUT2D eigenvalue weighted by atomic mass is 16.1. The zero-order valence-electron chi connectivity index (χ0n) is 14.9. The third-order valence-corrected chi connectivity index (χ3v) is 5.16. The van der Waals surface area contributed by atoms with Gasteiger partial charge in [0.2, 0.25) is 0 Å². The Hall–Kier alpha value is -2.29. The highest BCUT2D eigenvalue weighted by Crippen LogP contribution is 2.40. The predicted molar refractivity (Wildman–Crippen MR) is 102 cm³/mol. The molecule has 0 saturated carbocycles. The van der Waals surface area contributed by atoms with Gasteiger partial charge in [-0.05, 0) is 73.1 Å². The average molecular weight is 322 g/mol. The normalized spacial score (nSPS) is 19.5. The van der Waals surface area contributed by atoms with Crippen molar-refractivity contribution < 1.29 is 4.79 Å². The Balaban J connectivity index is 1.92. The van der Waals surface area contributed by atoms with E-state index >= 15 is 0 Å². The van der Waals surface area contributed by atoms with Gasteiger partial charge < -0.3 is 10.6 Å². The van der Waals surface area contributed by atoms with Gasteiger partial charge in [0.15, 0.2) is 5.78 Å². The van der Waals surface area contributed by atoms with Gasteiger partial charge in [0.25, 0.3) is 0 Å². The van der Waals surface area contributed by atoms with Gasteiger partial charge in [-0.3, -0.25) is 4.79 Å². The molecular weight excluding hydrogens is 296 g/mol. The van der Waals surface area contributed by atoms with E-state index in [-0.39, 0.29) is 5.78 Å². The number of hydrogen-bond donors (Lipinski definition) is 2. The number of ketones is 1. The zero-order chi connectivity index (χ0) is 17.3. The molecule has 0 aliphatic heterocycles. The minimum atomic E-state index is 0.0784. The fraction of sp³-hybridized carbons (Fsp3) is 0.381. The van der Waals surface area contributed by atoms with Gasteiger partial charge in [-0.15, -0.1) is 0 Å². The van der Waals surface area contributed by atoms with Gasteiger partial charge in [-0.1, -0.05) is 19.9 Å². The SMILES string of the molecule is CNc1cc(C(C)=O)ccc1Nc1ccc2c(c1)C(C)CCC2C. The molecule has 3 nitrogen and oxygen atoms in total. The van der Waals surface area contributed by atoms with Crippen LogP contribution in [0.25, 0.3) is 0 Å². The molecule has 0 heterocycles. The maximum Gasteiger partial charge on any atom is 0.159 e. The first-order valence-corrected chi connectivity index (χ1v) is 8.73. The van der Waals surface area contributed by atoms with Crippen molar-refractivity contribution in [2.45, 2.75) is 45.4 Å². The van der Waals surface area contributed by atoms with E-state index in [1.165, 1.54) is 24.0 Å². The maximum absolute atomic E-state index is 11.6. The third-order valence-electron chi connectivity index (χ3n) is 5.16. The molecule has 0 amide bonds. The highest BCUT2D eigenvalue weighted by molar-refractivity contribution is 5.96. The van der Waals surface area contributed by atoms with Crippen molar-refractivity contribution in [2.75, 3.05) is 17.7 Å². The van der Waals surface area contributed by atoms with Crippen molar-refractivity contribution in [1.82, 2.24) is 0 Å². The molecule has 2 aromatic carbocycles. The number of hydrogen-bond acceptors (Lipinski definition) is 3. The third kappa shape index (κ3) is 3.16. The van der Waals surface area contributed by atoms with E-state index in [4.69, 9.17) is 0 Å². The number of carbonyl (C=O) groups excluding carboxylic acids is 1. The lowest BCUT2D eigenvalue weighted by atomic mass is 9.78. The van der Waals surface area contributed by atoms with E-state index < -0.39 is 0 Å². The second-order valence-corrected chi connectivity index (χ2v) is 6.91. The molecule has 0 spiro atoms. The molecule has 0 fully saturated rings. The molecule has 2 unspecified atom stereocenters. The molecule has 0 bridgehead atoms. The summed E-state index contributed by atoms with van der Waals surface area (Å²) in [6.45, 7) is 6.22. The van der Waals surface area contributed by atoms with Gasteiger partial charge in [0, 0.05) is 18.3 Å². The molecule has 126 valence electrons. The Morgan fingerprint density at radius 3 is 2.33 bits per heavy atom. The van der Waals surface area contributed by atoms with Crippen molar-refractivity contribution >= 4 is 22.8 Å². The number of Topliss-reactive ketones (excluding diaryl/α,β-unsaturated/α-hetero) is 1. The summed E-state index contributed by atoms with van der Waals surface area (Å²) in [5, 5.41) is 6.68. The quantitative estimate of drug-likeness (QED) is 0.712. The van der Waals surface area contributed by atoms with Gasteiger partial charge in [-0.25, -0.2) is 0 Å². The number of rotatable bonds is 4. The van der Waals surface area contributed by atoms with Crippen LogP contribution in [0.1, 0.15) is 66.9 Å². The molecule has 0 radical (unpaired) electrons. The Kier molecular flexibility index (Phi) is 4.61. The van der Waals surface area contributed by atoms with Crippen LogP contribution in [0.3, 0.4) is 0 Å². The number of anilines is 3. The summed E-state index contributed by atoms with van der Waals surface area (Å²) < 4.78 is 0. The van der Waals surface area contributed by atoms with Crippen LogP contribution in [0, 0.1) is 0 Å². The van der Waals surface area contributed by atoms with Crippen molar-refractivity contribution in [3.8, 4) is 0 Å². The van der Waals surface area contributed by atoms with Crippen LogP contribution in [0.5, 0.6) is 0 Å². The molecule has 1 aliphatic carbocycles. The lowest BCUT2D eigenvalue weighted by molar-refractivity contribution is 0.101. The summed E-state index contributed by atoms with van der Waals surface area (Å²) in [5.41, 5.74) is 6.69. The van der Waals surface area contributed by atoms with Gasteiger partial charge in [0.05, 0.1) is 11.4 Å². The van der Waals surface area contributed by atoms with E-state index in [1.807, 2.05) is 25.2 Å². The molecule has 3 heteroatoms. The molecule has 2 N–H and O–H groups in total. The minimum absolute atomic E-state index is 0.0784. The fourth-order valence-electron chi connectivity index (χ4n) is 3.57. The smallest absolute Gasteiger partial charge is 0.159 e. The van der Waals surface area contributed by atoms with E-state index in [9.17, 15) is 4.79 Å². The molecule has 2 atom stereocenters. The summed E-state index contributed by atoms with van der Waals surface area (Å²) in [4.78, 5) is 11.6. The van der Waals surface area contributed by atoms with E-state index in [1.54, 1.807) is 6.92 Å². The summed E-state index contributed by atoms with van der Waals surface area (Å²) in [6.07, 6.45) is 2.53. The largest absolute Gasteiger partial charge is 0.386 e. The standard InChI is InChI=1S/C21H26N2O/c1-13-5-6-14(2)19-12-17(8-9-18(13)19)23-20-10-7-16(15(3)24)11-21(20)22-4/h7-14,22-23H,5-6H2,1-4H3. The highest BCUT2D eigenvalue weighted by Gasteiger charge is 2.22. The van der Waals surface area contributed by atoms with Crippen LogP contribution in [0.15, 0.2) is 36.4 Å². The number of nitrogens with one attached hydrogen (secondary N) is 2. The molecule has 2 aromatic rings. The Bertz CT molecular complexity index is 766. The van der Waals surface area contributed by atoms with Gasteiger partial charge in [-0.2, -0.15) is 0 Å². The molecule has 0 aromatic heterocycles. The van der Waals surface area contributed by atoms with Crippen LogP contribution >= 0.6 is 0 Å². The number of carbonyl (C=O) groups is 1. The monoisotopic (exact) mass is 322 g/mol. The summed E-state index contributed by atoms with van der Waals surface area (Å²) in [6, 6.07) is 12.4. The van der Waals surface area contributed by atoms with Crippen molar-refractivity contribution in [3.63, 3.8) is 0 Å². The summed E-state index contributed by atoms with van der Waals surface area (Å²) >= 11 is 0. The summed E-state index contributed by atoms with van der Waals surface area (Å²) in [7, 11) is 1.88. The van der Waals surface area contributed by atoms with E-state index in [0.29, 0.717) is 11.8 Å². The molecule has 24 heavy (non-hydrogen) atoms. The maximum atomic E-state index is 11.6. The Labute approximate surface area is 144 Å². The fourth-order valence-corrected chi connectivity index (χ4v) is 3.57. The molecule has 0 saturated heterocycles. The lowest BCUT2D eigenvalue weighted by Gasteiger charge is -2.28. The minimum Gasteiger partial charge on any atom is -0.386 e. The molecule has 1 aliphatic rings. The van der Waals surface area contributed by atoms with Crippen molar-refractivity contribution in [2.24, 2.45) is 0 Å². The average Bonchev–Trinajstić information content (AvgIpc) is 2.58. The Morgan fingerprint density at radius 1 is 0.958 bits per heavy atom. The van der Waals surface area contributed by atoms with Crippen molar-refractivity contribution in [1.29, 1.82) is 0 Å².